The van der Waals surface area contributed by atoms with Gasteiger partial charge in [-0.3, -0.25) is 9.59 Å². The van der Waals surface area contributed by atoms with Gasteiger partial charge >= 0.3 is 11.9 Å². The summed E-state index contributed by atoms with van der Waals surface area (Å²) in [6.45, 7) is 12.7. The molecular formula is C30H52O4. The predicted octanol–water partition coefficient (Wildman–Crippen LogP) is 8.33. The molecule has 0 aromatic carbocycles. The maximum Gasteiger partial charge on any atom is 0.307 e. The summed E-state index contributed by atoms with van der Waals surface area (Å²) in [6.07, 6.45) is 17.2. The fourth-order valence-corrected chi connectivity index (χ4v) is 3.85. The van der Waals surface area contributed by atoms with Gasteiger partial charge in [-0.15, -0.1) is 0 Å². The summed E-state index contributed by atoms with van der Waals surface area (Å²) in [5.74, 6) is 6.04. The van der Waals surface area contributed by atoms with Gasteiger partial charge in [0.2, 0.25) is 0 Å². The highest BCUT2D eigenvalue weighted by Crippen LogP contribution is 2.16. The summed E-state index contributed by atoms with van der Waals surface area (Å²) in [5, 5.41) is 0. The third kappa shape index (κ3) is 20.8. The molecule has 0 aliphatic rings. The van der Waals surface area contributed by atoms with Crippen molar-refractivity contribution in [1.82, 2.24) is 0 Å². The molecule has 0 rings (SSSR count). The Morgan fingerprint density at radius 2 is 1.29 bits per heavy atom. The highest BCUT2D eigenvalue weighted by molar-refractivity contribution is 5.70. The third-order valence-electron chi connectivity index (χ3n) is 5.97. The van der Waals surface area contributed by atoms with Crippen molar-refractivity contribution >= 4 is 11.9 Å². The molecular weight excluding hydrogens is 424 g/mol. The quantitative estimate of drug-likeness (QED) is 0.0949. The Kier molecular flexibility index (Phi) is 21.8. The van der Waals surface area contributed by atoms with E-state index in [2.05, 4.69) is 39.2 Å². The molecule has 0 saturated carbocycles. The van der Waals surface area contributed by atoms with Crippen LogP contribution >= 0.6 is 0 Å². The zero-order valence-electron chi connectivity index (χ0n) is 22.7. The number of allylic oxidation sites excluding steroid dienone is 1. The zero-order chi connectivity index (χ0) is 25.4. The first-order valence-corrected chi connectivity index (χ1v) is 13.9. The van der Waals surface area contributed by atoms with Crippen LogP contribution in [0.5, 0.6) is 0 Å². The molecule has 0 aliphatic heterocycles. The van der Waals surface area contributed by atoms with Gasteiger partial charge in [-0.2, -0.15) is 0 Å². The van der Waals surface area contributed by atoms with Crippen LogP contribution in [-0.4, -0.2) is 24.6 Å². The van der Waals surface area contributed by atoms with Crippen LogP contribution in [0.15, 0.2) is 12.2 Å². The maximum absolute atomic E-state index is 12.2. The van der Waals surface area contributed by atoms with Crippen LogP contribution < -0.4 is 0 Å². The fraction of sp³-hybridized carbons (Fsp3) is 0.800. The predicted molar refractivity (Wildman–Crippen MR) is 142 cm³/mol. The summed E-state index contributed by atoms with van der Waals surface area (Å²) in [6, 6.07) is 0. The van der Waals surface area contributed by atoms with Gasteiger partial charge in [-0.05, 0) is 38.2 Å². The van der Waals surface area contributed by atoms with E-state index in [0.29, 0.717) is 19.4 Å². The second kappa shape index (κ2) is 23.0. The summed E-state index contributed by atoms with van der Waals surface area (Å²) in [4.78, 5) is 24.0. The zero-order valence-corrected chi connectivity index (χ0v) is 22.7. The molecule has 0 fully saturated rings. The van der Waals surface area contributed by atoms with Gasteiger partial charge < -0.3 is 9.47 Å². The summed E-state index contributed by atoms with van der Waals surface area (Å²) in [5.41, 5.74) is 0.783. The minimum absolute atomic E-state index is 0.0599. The van der Waals surface area contributed by atoms with E-state index in [1.807, 2.05) is 6.92 Å². The number of esters is 2. The van der Waals surface area contributed by atoms with Gasteiger partial charge in [0.15, 0.2) is 6.10 Å². The van der Waals surface area contributed by atoms with Crippen molar-refractivity contribution in [2.45, 2.75) is 143 Å². The molecule has 196 valence electrons. The van der Waals surface area contributed by atoms with Gasteiger partial charge in [0.1, 0.15) is 0 Å². The second-order valence-corrected chi connectivity index (χ2v) is 9.69. The molecule has 34 heavy (non-hydrogen) atoms. The van der Waals surface area contributed by atoms with Crippen molar-refractivity contribution in [1.29, 1.82) is 0 Å². The average molecular weight is 477 g/mol. The monoisotopic (exact) mass is 476 g/mol. The Hall–Kier alpha value is -1.76. The number of hydrogen-bond donors (Lipinski definition) is 0. The minimum Gasteiger partial charge on any atom is -0.466 e. The molecule has 0 heterocycles. The Labute approximate surface area is 210 Å². The van der Waals surface area contributed by atoms with Gasteiger partial charge in [-0.1, -0.05) is 110 Å². The van der Waals surface area contributed by atoms with Crippen molar-refractivity contribution < 1.29 is 19.1 Å². The fourth-order valence-electron chi connectivity index (χ4n) is 3.85. The van der Waals surface area contributed by atoms with E-state index in [9.17, 15) is 9.59 Å². The summed E-state index contributed by atoms with van der Waals surface area (Å²) in [7, 11) is 0. The lowest BCUT2D eigenvalue weighted by atomic mass is 9.99. The van der Waals surface area contributed by atoms with Crippen LogP contribution in [0.25, 0.3) is 0 Å². The van der Waals surface area contributed by atoms with Crippen LogP contribution in [0.4, 0.5) is 0 Å². The van der Waals surface area contributed by atoms with E-state index in [4.69, 9.17) is 9.47 Å². The number of carbonyl (C=O) groups is 2. The van der Waals surface area contributed by atoms with Crippen molar-refractivity contribution in [3.63, 3.8) is 0 Å². The smallest absolute Gasteiger partial charge is 0.307 e. The second-order valence-electron chi connectivity index (χ2n) is 9.69. The third-order valence-corrected chi connectivity index (χ3v) is 5.97. The normalized spacial score (nSPS) is 12.4. The van der Waals surface area contributed by atoms with Crippen LogP contribution in [0.1, 0.15) is 137 Å². The molecule has 0 saturated heterocycles. The molecule has 4 heteroatoms. The number of rotatable bonds is 21. The molecule has 0 radical (unpaired) electrons. The van der Waals surface area contributed by atoms with Crippen LogP contribution in [0.2, 0.25) is 0 Å². The van der Waals surface area contributed by atoms with E-state index >= 15 is 0 Å². The number of ether oxygens (including phenoxy) is 2. The Morgan fingerprint density at radius 3 is 1.85 bits per heavy atom. The molecule has 0 N–H and O–H groups in total. The first kappa shape index (κ1) is 32.2. The van der Waals surface area contributed by atoms with Crippen LogP contribution in [0.3, 0.4) is 0 Å². The molecule has 4 nitrogen and oxygen atoms in total. The molecule has 0 aliphatic carbocycles. The first-order valence-electron chi connectivity index (χ1n) is 13.9. The largest absolute Gasteiger partial charge is 0.466 e. The summed E-state index contributed by atoms with van der Waals surface area (Å²) >= 11 is 0. The van der Waals surface area contributed by atoms with Crippen molar-refractivity contribution in [2.75, 3.05) is 6.61 Å². The maximum atomic E-state index is 12.2. The highest BCUT2D eigenvalue weighted by atomic mass is 16.5. The van der Waals surface area contributed by atoms with E-state index in [0.717, 1.165) is 69.8 Å². The number of hydrogen-bond acceptors (Lipinski definition) is 4. The Balaban J connectivity index is 3.73. The molecule has 0 aromatic heterocycles. The minimum atomic E-state index is -0.352. The molecule has 2 unspecified atom stereocenters. The van der Waals surface area contributed by atoms with Gasteiger partial charge in [0, 0.05) is 18.8 Å². The molecule has 0 amide bonds. The standard InChI is InChI=1S/C30H52O4/c1-6-8-9-10-13-16-19-25-33-29(31)21-17-14-11-12-15-18-22-30(32)34-28(24-23-26(3)4)27(5)20-7-2/h27-28H,3,6-22,25H2,1-2,4-5H3. The number of carbonyl (C=O) groups excluding carboxylic acids is 2. The van der Waals surface area contributed by atoms with Crippen LogP contribution in [0, 0.1) is 17.8 Å². The van der Waals surface area contributed by atoms with E-state index in [1.165, 1.54) is 32.1 Å². The number of unbranched alkanes of at least 4 members (excludes halogenated alkanes) is 11. The SMILES string of the molecule is C=C(C)C#CC(OC(=O)CCCCCCCCC(=O)OCCCCCCCCC)C(C)CCC. The summed E-state index contributed by atoms with van der Waals surface area (Å²) < 4.78 is 11.0. The van der Waals surface area contributed by atoms with Crippen molar-refractivity contribution in [3.8, 4) is 11.8 Å². The highest BCUT2D eigenvalue weighted by Gasteiger charge is 2.18. The van der Waals surface area contributed by atoms with Gasteiger partial charge in [0.25, 0.3) is 0 Å². The Bertz CT molecular complexity index is 599. The van der Waals surface area contributed by atoms with E-state index in [1.54, 1.807) is 0 Å². The van der Waals surface area contributed by atoms with Crippen LogP contribution in [-0.2, 0) is 19.1 Å². The van der Waals surface area contributed by atoms with Gasteiger partial charge in [0.05, 0.1) is 6.61 Å². The first-order chi connectivity index (χ1) is 16.4. The molecule has 0 bridgehead atoms. The molecule has 2 atom stereocenters. The van der Waals surface area contributed by atoms with Crippen molar-refractivity contribution in [3.05, 3.63) is 12.2 Å². The van der Waals surface area contributed by atoms with E-state index in [-0.39, 0.29) is 24.0 Å². The van der Waals surface area contributed by atoms with E-state index < -0.39 is 0 Å². The lowest BCUT2D eigenvalue weighted by molar-refractivity contribution is -0.148. The lowest BCUT2D eigenvalue weighted by Crippen LogP contribution is -2.24. The topological polar surface area (TPSA) is 52.6 Å². The van der Waals surface area contributed by atoms with Crippen molar-refractivity contribution in [2.24, 2.45) is 5.92 Å². The molecule has 0 spiro atoms. The average Bonchev–Trinajstić information content (AvgIpc) is 2.80. The Morgan fingerprint density at radius 1 is 0.765 bits per heavy atom. The molecule has 0 aromatic rings. The van der Waals surface area contributed by atoms with Gasteiger partial charge in [-0.25, -0.2) is 0 Å². The lowest BCUT2D eigenvalue weighted by Gasteiger charge is -2.19.